The van der Waals surface area contributed by atoms with Crippen molar-refractivity contribution in [3.8, 4) is 12.1 Å². The van der Waals surface area contributed by atoms with E-state index in [2.05, 4.69) is 18.7 Å². The summed E-state index contributed by atoms with van der Waals surface area (Å²) in [5.74, 6) is 0. The van der Waals surface area contributed by atoms with Gasteiger partial charge < -0.3 is 4.90 Å². The van der Waals surface area contributed by atoms with Crippen LogP contribution in [0.25, 0.3) is 0 Å². The van der Waals surface area contributed by atoms with E-state index in [1.165, 1.54) is 0 Å². The molecule has 0 aromatic heterocycles. The number of hydrogen-bond acceptors (Lipinski definition) is 3. The monoisotopic (exact) mass is 199 g/mol. The lowest BCUT2D eigenvalue weighted by molar-refractivity contribution is 0.754. The number of benzene rings is 1. The molecule has 0 heterocycles. The molecule has 3 heteroatoms. The van der Waals surface area contributed by atoms with Crippen molar-refractivity contribution in [3.05, 3.63) is 29.3 Å². The average Bonchev–Trinajstić information content (AvgIpc) is 2.26. The maximum atomic E-state index is 8.87. The van der Waals surface area contributed by atoms with Crippen molar-refractivity contribution < 1.29 is 0 Å². The Labute approximate surface area is 90.2 Å². The Morgan fingerprint density at radius 3 is 2.20 bits per heavy atom. The lowest BCUT2D eigenvalue weighted by atomic mass is 10.1. The maximum Gasteiger partial charge on any atom is 0.101 e. The number of nitrogens with zero attached hydrogens (tertiary/aromatic N) is 3. The number of nitriles is 2. The molecule has 0 radical (unpaired) electrons. The quantitative estimate of drug-likeness (QED) is 0.734. The van der Waals surface area contributed by atoms with Gasteiger partial charge in [0, 0.05) is 18.8 Å². The molecule has 0 N–H and O–H groups in total. The van der Waals surface area contributed by atoms with E-state index < -0.39 is 0 Å². The molecule has 76 valence electrons. The van der Waals surface area contributed by atoms with Gasteiger partial charge in [0.1, 0.15) is 12.1 Å². The molecule has 0 saturated heterocycles. The fourth-order valence-electron chi connectivity index (χ4n) is 1.24. The van der Waals surface area contributed by atoms with Crippen molar-refractivity contribution >= 4 is 5.69 Å². The van der Waals surface area contributed by atoms with Crippen LogP contribution in [0.1, 0.15) is 25.0 Å². The van der Waals surface area contributed by atoms with Gasteiger partial charge in [-0.3, -0.25) is 0 Å². The first-order valence-corrected chi connectivity index (χ1v) is 4.77. The summed E-state index contributed by atoms with van der Waals surface area (Å²) in [5, 5.41) is 17.6. The summed E-state index contributed by atoms with van der Waals surface area (Å²) in [5.41, 5.74) is 1.82. The maximum absolute atomic E-state index is 8.87. The normalized spacial score (nSPS) is 9.47. The topological polar surface area (TPSA) is 50.8 Å². The first kappa shape index (κ1) is 11.1. The third kappa shape index (κ3) is 2.27. The summed E-state index contributed by atoms with van der Waals surface area (Å²) in [4.78, 5) is 2.06. The Balaban J connectivity index is 3.17. The van der Waals surface area contributed by atoms with Crippen molar-refractivity contribution in [3.63, 3.8) is 0 Å². The average molecular weight is 199 g/mol. The molecule has 0 spiro atoms. The van der Waals surface area contributed by atoms with Crippen molar-refractivity contribution in [1.29, 1.82) is 10.5 Å². The molecular weight excluding hydrogens is 186 g/mol. The zero-order valence-corrected chi connectivity index (χ0v) is 9.15. The molecule has 0 unspecified atom stereocenters. The highest BCUT2D eigenvalue weighted by atomic mass is 15.1. The molecule has 3 nitrogen and oxygen atoms in total. The van der Waals surface area contributed by atoms with E-state index in [0.717, 1.165) is 5.69 Å². The third-order valence-electron chi connectivity index (χ3n) is 2.43. The third-order valence-corrected chi connectivity index (χ3v) is 2.43. The second kappa shape index (κ2) is 4.48. The van der Waals surface area contributed by atoms with Gasteiger partial charge in [0.2, 0.25) is 0 Å². The summed E-state index contributed by atoms with van der Waals surface area (Å²) < 4.78 is 0. The molecule has 1 aromatic carbocycles. The van der Waals surface area contributed by atoms with Gasteiger partial charge in [-0.05, 0) is 32.0 Å². The van der Waals surface area contributed by atoms with Gasteiger partial charge in [0.15, 0.2) is 0 Å². The minimum Gasteiger partial charge on any atom is -0.372 e. The summed E-state index contributed by atoms with van der Waals surface area (Å²) in [6, 6.07) is 9.69. The molecule has 1 rings (SSSR count). The van der Waals surface area contributed by atoms with E-state index in [-0.39, 0.29) is 0 Å². The van der Waals surface area contributed by atoms with Crippen LogP contribution in [0.5, 0.6) is 0 Å². The van der Waals surface area contributed by atoms with Crippen molar-refractivity contribution in [2.24, 2.45) is 0 Å². The van der Waals surface area contributed by atoms with E-state index in [4.69, 9.17) is 10.5 Å². The minimum absolute atomic E-state index is 0.365. The Morgan fingerprint density at radius 1 is 1.13 bits per heavy atom. The van der Waals surface area contributed by atoms with E-state index in [1.54, 1.807) is 12.1 Å². The van der Waals surface area contributed by atoms with Crippen LogP contribution in [-0.4, -0.2) is 13.1 Å². The van der Waals surface area contributed by atoms with Crippen molar-refractivity contribution in [2.75, 3.05) is 11.9 Å². The van der Waals surface area contributed by atoms with Crippen LogP contribution >= 0.6 is 0 Å². The molecule has 0 fully saturated rings. The molecule has 0 aliphatic rings. The van der Waals surface area contributed by atoms with Crippen LogP contribution in [0.3, 0.4) is 0 Å². The number of rotatable bonds is 2. The van der Waals surface area contributed by atoms with Gasteiger partial charge in [-0.1, -0.05) is 0 Å². The summed E-state index contributed by atoms with van der Waals surface area (Å²) in [6.07, 6.45) is 0. The van der Waals surface area contributed by atoms with Crippen LogP contribution in [0.2, 0.25) is 0 Å². The fraction of sp³-hybridized carbons (Fsp3) is 0.333. The largest absolute Gasteiger partial charge is 0.372 e. The van der Waals surface area contributed by atoms with Gasteiger partial charge in [-0.15, -0.1) is 0 Å². The summed E-state index contributed by atoms with van der Waals surface area (Å²) in [6.45, 7) is 4.15. The van der Waals surface area contributed by atoms with Gasteiger partial charge in [-0.25, -0.2) is 0 Å². The van der Waals surface area contributed by atoms with Crippen LogP contribution in [-0.2, 0) is 0 Å². The van der Waals surface area contributed by atoms with Gasteiger partial charge in [0.05, 0.1) is 11.1 Å². The predicted molar refractivity (Wildman–Crippen MR) is 59.4 cm³/mol. The molecule has 0 aliphatic heterocycles. The molecular formula is C12H13N3. The molecule has 15 heavy (non-hydrogen) atoms. The predicted octanol–water partition coefficient (Wildman–Crippen LogP) is 2.27. The lowest BCUT2D eigenvalue weighted by Gasteiger charge is -2.23. The van der Waals surface area contributed by atoms with Crippen molar-refractivity contribution in [2.45, 2.75) is 19.9 Å². The highest BCUT2D eigenvalue weighted by molar-refractivity contribution is 5.57. The standard InChI is InChI=1S/C12H13N3/c1-9(2)15(3)12-5-4-10(7-13)11(6-12)8-14/h4-6,9H,1-3H3. The Hall–Kier alpha value is -2.00. The van der Waals surface area contributed by atoms with Gasteiger partial charge >= 0.3 is 0 Å². The second-order valence-electron chi connectivity index (χ2n) is 3.66. The minimum atomic E-state index is 0.365. The van der Waals surface area contributed by atoms with E-state index >= 15 is 0 Å². The second-order valence-corrected chi connectivity index (χ2v) is 3.66. The molecule has 0 atom stereocenters. The van der Waals surface area contributed by atoms with E-state index in [0.29, 0.717) is 17.2 Å². The first-order chi connectivity index (χ1) is 7.10. The number of hydrogen-bond donors (Lipinski definition) is 0. The summed E-state index contributed by atoms with van der Waals surface area (Å²) >= 11 is 0. The zero-order valence-electron chi connectivity index (χ0n) is 9.15. The van der Waals surface area contributed by atoms with Gasteiger partial charge in [-0.2, -0.15) is 10.5 Å². The lowest BCUT2D eigenvalue weighted by Crippen LogP contribution is -2.25. The van der Waals surface area contributed by atoms with E-state index in [1.807, 2.05) is 25.3 Å². The molecule has 1 aromatic rings. The fourth-order valence-corrected chi connectivity index (χ4v) is 1.24. The van der Waals surface area contributed by atoms with Crippen LogP contribution in [0.4, 0.5) is 5.69 Å². The number of anilines is 1. The molecule has 0 saturated carbocycles. The van der Waals surface area contributed by atoms with Crippen molar-refractivity contribution in [1.82, 2.24) is 0 Å². The smallest absolute Gasteiger partial charge is 0.101 e. The van der Waals surface area contributed by atoms with Crippen LogP contribution in [0, 0.1) is 22.7 Å². The molecule has 0 bridgehead atoms. The van der Waals surface area contributed by atoms with Crippen LogP contribution in [0.15, 0.2) is 18.2 Å². The highest BCUT2D eigenvalue weighted by Crippen LogP contribution is 2.19. The summed E-state index contributed by atoms with van der Waals surface area (Å²) in [7, 11) is 1.97. The first-order valence-electron chi connectivity index (χ1n) is 4.77. The molecule has 0 aliphatic carbocycles. The Morgan fingerprint density at radius 2 is 1.73 bits per heavy atom. The Kier molecular flexibility index (Phi) is 3.31. The van der Waals surface area contributed by atoms with E-state index in [9.17, 15) is 0 Å². The molecule has 0 amide bonds. The Bertz CT molecular complexity index is 435. The van der Waals surface area contributed by atoms with Gasteiger partial charge in [0.25, 0.3) is 0 Å². The van der Waals surface area contributed by atoms with Crippen LogP contribution < -0.4 is 4.90 Å². The zero-order chi connectivity index (χ0) is 11.4. The SMILES string of the molecule is CC(C)N(C)c1ccc(C#N)c(C#N)c1. The highest BCUT2D eigenvalue weighted by Gasteiger charge is 2.08.